The maximum absolute atomic E-state index is 11.0. The zero-order valence-electron chi connectivity index (χ0n) is 12.5. The van der Waals surface area contributed by atoms with Gasteiger partial charge in [-0.25, -0.2) is 0 Å². The molecule has 1 N–H and O–H groups in total. The Morgan fingerprint density at radius 2 is 1.76 bits per heavy atom. The van der Waals surface area contributed by atoms with Gasteiger partial charge >= 0.3 is 0 Å². The summed E-state index contributed by atoms with van der Waals surface area (Å²) in [6.45, 7) is 2.31. The number of hydrogen-bond donors (Lipinski definition) is 1. The second-order valence-corrected chi connectivity index (χ2v) is 6.51. The van der Waals surface area contributed by atoms with Crippen LogP contribution in [0.5, 0.6) is 0 Å². The summed E-state index contributed by atoms with van der Waals surface area (Å²) in [5, 5.41) is 13.5. The summed E-state index contributed by atoms with van der Waals surface area (Å²) in [5.41, 5.74) is 2.53. The molecular formula is C19H23NO. The molecule has 1 fully saturated rings. The molecule has 2 aromatic rings. The lowest BCUT2D eigenvalue weighted by Gasteiger charge is -2.41. The van der Waals surface area contributed by atoms with Crippen molar-refractivity contribution >= 4 is 10.8 Å². The molecule has 2 atom stereocenters. The van der Waals surface area contributed by atoms with Crippen LogP contribution in [0.15, 0.2) is 36.4 Å². The predicted octanol–water partition coefficient (Wildman–Crippen LogP) is 3.67. The molecular weight excluding hydrogens is 258 g/mol. The number of nitrogens with zero attached hydrogens (tertiary/aromatic N) is 1. The molecule has 0 saturated carbocycles. The smallest absolute Gasteiger partial charge is 0.0953 e. The van der Waals surface area contributed by atoms with E-state index in [0.29, 0.717) is 6.04 Å². The Morgan fingerprint density at radius 3 is 2.62 bits per heavy atom. The Hall–Kier alpha value is -1.38. The van der Waals surface area contributed by atoms with Crippen LogP contribution in [0.1, 0.15) is 42.9 Å². The summed E-state index contributed by atoms with van der Waals surface area (Å²) in [4.78, 5) is 2.53. The number of aryl methyl sites for hydroxylation is 1. The van der Waals surface area contributed by atoms with Crippen LogP contribution in [0.2, 0.25) is 0 Å². The lowest BCUT2D eigenvalue weighted by Crippen LogP contribution is -2.44. The molecule has 1 aliphatic heterocycles. The molecule has 1 aliphatic carbocycles. The fourth-order valence-corrected chi connectivity index (χ4v) is 4.19. The third kappa shape index (κ3) is 2.27. The van der Waals surface area contributed by atoms with Crippen molar-refractivity contribution in [3.05, 3.63) is 47.5 Å². The van der Waals surface area contributed by atoms with Crippen LogP contribution in [-0.4, -0.2) is 29.1 Å². The van der Waals surface area contributed by atoms with Gasteiger partial charge in [0.1, 0.15) is 0 Å². The Bertz CT molecular complexity index is 645. The molecule has 0 bridgehead atoms. The fourth-order valence-electron chi connectivity index (χ4n) is 4.19. The average molecular weight is 281 g/mol. The summed E-state index contributed by atoms with van der Waals surface area (Å²) in [5.74, 6) is 0. The second-order valence-electron chi connectivity index (χ2n) is 6.51. The van der Waals surface area contributed by atoms with E-state index in [1.54, 1.807) is 0 Å². The first-order chi connectivity index (χ1) is 10.3. The summed E-state index contributed by atoms with van der Waals surface area (Å²) in [7, 11) is 0. The first-order valence-electron chi connectivity index (χ1n) is 8.27. The van der Waals surface area contributed by atoms with Crippen molar-refractivity contribution in [1.29, 1.82) is 0 Å². The monoisotopic (exact) mass is 281 g/mol. The van der Waals surface area contributed by atoms with Crippen molar-refractivity contribution in [3.8, 4) is 0 Å². The Labute approximate surface area is 126 Å². The minimum Gasteiger partial charge on any atom is -0.387 e. The third-order valence-electron chi connectivity index (χ3n) is 5.29. The molecule has 21 heavy (non-hydrogen) atoms. The number of piperidine rings is 1. The summed E-state index contributed by atoms with van der Waals surface area (Å²) in [6, 6.07) is 13.2. The standard InChI is InChI=1S/C19H23NO/c21-19-17(20-12-4-1-5-13-20)11-10-15-9-8-14-6-2-3-7-16(14)18(15)19/h2-3,6-9,17,19,21H,1,4-5,10-13H2/t17-,19+/m1/s1. The molecule has 0 radical (unpaired) electrons. The topological polar surface area (TPSA) is 23.5 Å². The highest BCUT2D eigenvalue weighted by Crippen LogP contribution is 2.38. The molecule has 2 aliphatic rings. The van der Waals surface area contributed by atoms with Gasteiger partial charge in [0.25, 0.3) is 0 Å². The van der Waals surface area contributed by atoms with Gasteiger partial charge in [-0.2, -0.15) is 0 Å². The maximum Gasteiger partial charge on any atom is 0.0953 e. The van der Waals surface area contributed by atoms with Crippen molar-refractivity contribution in [3.63, 3.8) is 0 Å². The van der Waals surface area contributed by atoms with Crippen molar-refractivity contribution in [2.45, 2.75) is 44.2 Å². The largest absolute Gasteiger partial charge is 0.387 e. The lowest BCUT2D eigenvalue weighted by molar-refractivity contribution is 0.0270. The lowest BCUT2D eigenvalue weighted by atomic mass is 9.81. The van der Waals surface area contributed by atoms with Gasteiger partial charge < -0.3 is 5.11 Å². The van der Waals surface area contributed by atoms with E-state index in [9.17, 15) is 5.11 Å². The predicted molar refractivity (Wildman–Crippen MR) is 86.4 cm³/mol. The van der Waals surface area contributed by atoms with Crippen molar-refractivity contribution in [2.24, 2.45) is 0 Å². The van der Waals surface area contributed by atoms with Gasteiger partial charge in [0, 0.05) is 6.04 Å². The van der Waals surface area contributed by atoms with Crippen LogP contribution in [-0.2, 0) is 6.42 Å². The zero-order valence-corrected chi connectivity index (χ0v) is 12.5. The van der Waals surface area contributed by atoms with Crippen LogP contribution >= 0.6 is 0 Å². The summed E-state index contributed by atoms with van der Waals surface area (Å²) >= 11 is 0. The molecule has 2 aromatic carbocycles. The first-order valence-corrected chi connectivity index (χ1v) is 8.27. The molecule has 0 aromatic heterocycles. The molecule has 110 valence electrons. The number of aliphatic hydroxyl groups is 1. The maximum atomic E-state index is 11.0. The van der Waals surface area contributed by atoms with E-state index in [2.05, 4.69) is 41.3 Å². The van der Waals surface area contributed by atoms with Crippen LogP contribution in [0.4, 0.5) is 0 Å². The number of aliphatic hydroxyl groups excluding tert-OH is 1. The van der Waals surface area contributed by atoms with E-state index < -0.39 is 0 Å². The van der Waals surface area contributed by atoms with Crippen LogP contribution < -0.4 is 0 Å². The number of hydrogen-bond acceptors (Lipinski definition) is 2. The van der Waals surface area contributed by atoms with E-state index in [0.717, 1.165) is 25.9 Å². The van der Waals surface area contributed by atoms with Gasteiger partial charge in [0.05, 0.1) is 6.10 Å². The number of likely N-dealkylation sites (tertiary alicyclic amines) is 1. The highest BCUT2D eigenvalue weighted by atomic mass is 16.3. The van der Waals surface area contributed by atoms with Crippen LogP contribution in [0.25, 0.3) is 10.8 Å². The highest BCUT2D eigenvalue weighted by molar-refractivity contribution is 5.87. The first kappa shape index (κ1) is 13.3. The average Bonchev–Trinajstić information content (AvgIpc) is 2.55. The molecule has 0 amide bonds. The minimum atomic E-state index is -0.335. The highest BCUT2D eigenvalue weighted by Gasteiger charge is 2.33. The van der Waals surface area contributed by atoms with Gasteiger partial charge in [-0.15, -0.1) is 0 Å². The number of fused-ring (bicyclic) bond motifs is 3. The van der Waals surface area contributed by atoms with Gasteiger partial charge in [0.2, 0.25) is 0 Å². The van der Waals surface area contributed by atoms with Crippen LogP contribution in [0, 0.1) is 0 Å². The van der Waals surface area contributed by atoms with Gasteiger partial charge in [0.15, 0.2) is 0 Å². The van der Waals surface area contributed by atoms with Gasteiger partial charge in [-0.1, -0.05) is 42.8 Å². The van der Waals surface area contributed by atoms with Gasteiger partial charge in [-0.3, -0.25) is 4.90 Å². The number of rotatable bonds is 1. The fraction of sp³-hybridized carbons (Fsp3) is 0.474. The van der Waals surface area contributed by atoms with Crippen LogP contribution in [0.3, 0.4) is 0 Å². The molecule has 0 spiro atoms. The third-order valence-corrected chi connectivity index (χ3v) is 5.29. The Balaban J connectivity index is 1.75. The van der Waals surface area contributed by atoms with Gasteiger partial charge in [-0.05, 0) is 60.7 Å². The number of benzene rings is 2. The van der Waals surface area contributed by atoms with E-state index >= 15 is 0 Å². The van der Waals surface area contributed by atoms with Crippen molar-refractivity contribution in [1.82, 2.24) is 4.90 Å². The molecule has 1 heterocycles. The summed E-state index contributed by atoms with van der Waals surface area (Å²) in [6.07, 6.45) is 5.76. The van der Waals surface area contributed by atoms with Crippen molar-refractivity contribution in [2.75, 3.05) is 13.1 Å². The SMILES string of the molecule is O[C@@H]1c2c(ccc3ccccc23)CC[C@H]1N1CCCCC1. The Morgan fingerprint density at radius 1 is 0.952 bits per heavy atom. The quantitative estimate of drug-likeness (QED) is 0.862. The zero-order chi connectivity index (χ0) is 14.2. The second kappa shape index (κ2) is 5.43. The molecule has 2 heteroatoms. The van der Waals surface area contributed by atoms with E-state index in [-0.39, 0.29) is 6.10 Å². The van der Waals surface area contributed by atoms with E-state index in [1.165, 1.54) is 41.2 Å². The molecule has 4 rings (SSSR count). The van der Waals surface area contributed by atoms with Crippen molar-refractivity contribution < 1.29 is 5.11 Å². The minimum absolute atomic E-state index is 0.309. The molecule has 0 unspecified atom stereocenters. The van der Waals surface area contributed by atoms with E-state index in [1.807, 2.05) is 0 Å². The van der Waals surface area contributed by atoms with E-state index in [4.69, 9.17) is 0 Å². The Kier molecular flexibility index (Phi) is 3.44. The normalized spacial score (nSPS) is 26.7. The summed E-state index contributed by atoms with van der Waals surface area (Å²) < 4.78 is 0. The molecule has 2 nitrogen and oxygen atoms in total. The molecule has 1 saturated heterocycles.